The molecule has 0 bridgehead atoms. The number of carbonyl (C=O) groups excluding carboxylic acids is 1. The van der Waals surface area contributed by atoms with Crippen molar-refractivity contribution >= 4 is 5.91 Å². The highest BCUT2D eigenvalue weighted by atomic mass is 16.5. The van der Waals surface area contributed by atoms with Crippen molar-refractivity contribution in [1.29, 1.82) is 0 Å². The van der Waals surface area contributed by atoms with Gasteiger partial charge in [0.2, 0.25) is 0 Å². The summed E-state index contributed by atoms with van der Waals surface area (Å²) in [5, 5.41) is 2.78. The number of ether oxygens (including phenoxy) is 1. The molecule has 1 heterocycles. The lowest BCUT2D eigenvalue weighted by Crippen LogP contribution is -2.22. The number of nitrogens with one attached hydrogen (secondary N) is 1. The van der Waals surface area contributed by atoms with Crippen LogP contribution in [-0.4, -0.2) is 13.0 Å². The molecular weight excluding hydrogens is 244 g/mol. The van der Waals surface area contributed by atoms with Gasteiger partial charge in [-0.2, -0.15) is 0 Å². The average Bonchev–Trinajstić information content (AvgIpc) is 2.94. The van der Waals surface area contributed by atoms with Crippen LogP contribution in [0.4, 0.5) is 0 Å². The Kier molecular flexibility index (Phi) is 4.20. The third-order valence-corrected chi connectivity index (χ3v) is 2.70. The average molecular weight is 260 g/mol. The van der Waals surface area contributed by atoms with Crippen molar-refractivity contribution in [2.45, 2.75) is 13.1 Å². The van der Waals surface area contributed by atoms with Crippen molar-refractivity contribution in [3.8, 4) is 5.75 Å². The third kappa shape index (κ3) is 3.35. The van der Waals surface area contributed by atoms with E-state index in [1.807, 2.05) is 24.3 Å². The van der Waals surface area contributed by atoms with Gasteiger partial charge in [-0.15, -0.1) is 0 Å². The highest BCUT2D eigenvalue weighted by molar-refractivity contribution is 5.91. The predicted octanol–water partition coefficient (Wildman–Crippen LogP) is 1.68. The Morgan fingerprint density at radius 2 is 2.00 bits per heavy atom. The molecule has 0 saturated heterocycles. The topological polar surface area (TPSA) is 77.5 Å². The first kappa shape index (κ1) is 13.2. The minimum atomic E-state index is -0.254. The van der Waals surface area contributed by atoms with Crippen LogP contribution in [0.25, 0.3) is 0 Å². The number of hydrogen-bond acceptors (Lipinski definition) is 4. The second-order valence-corrected chi connectivity index (χ2v) is 4.00. The lowest BCUT2D eigenvalue weighted by molar-refractivity contribution is 0.0921. The van der Waals surface area contributed by atoms with E-state index >= 15 is 0 Å². The van der Waals surface area contributed by atoms with Gasteiger partial charge in [0.25, 0.3) is 5.91 Å². The largest absolute Gasteiger partial charge is 0.497 e. The van der Waals surface area contributed by atoms with E-state index in [4.69, 9.17) is 14.9 Å². The molecule has 2 aromatic rings. The lowest BCUT2D eigenvalue weighted by atomic mass is 10.2. The summed E-state index contributed by atoms with van der Waals surface area (Å²) in [5.74, 6) is 1.40. The fourth-order valence-corrected chi connectivity index (χ4v) is 1.62. The smallest absolute Gasteiger partial charge is 0.287 e. The van der Waals surface area contributed by atoms with Gasteiger partial charge in [-0.25, -0.2) is 0 Å². The van der Waals surface area contributed by atoms with E-state index in [1.165, 1.54) is 0 Å². The van der Waals surface area contributed by atoms with Crippen LogP contribution in [0.3, 0.4) is 0 Å². The molecule has 0 aliphatic carbocycles. The van der Waals surface area contributed by atoms with Gasteiger partial charge in [-0.1, -0.05) is 12.1 Å². The third-order valence-electron chi connectivity index (χ3n) is 2.70. The predicted molar refractivity (Wildman–Crippen MR) is 70.8 cm³/mol. The Bertz CT molecular complexity index is 546. The normalized spacial score (nSPS) is 10.2. The van der Waals surface area contributed by atoms with Crippen LogP contribution in [0, 0.1) is 0 Å². The number of rotatable bonds is 5. The Morgan fingerprint density at radius 3 is 2.58 bits per heavy atom. The maximum Gasteiger partial charge on any atom is 0.287 e. The molecule has 1 aromatic carbocycles. The Hall–Kier alpha value is -2.27. The first-order valence-electron chi connectivity index (χ1n) is 5.93. The molecule has 5 nitrogen and oxygen atoms in total. The SMILES string of the molecule is COc1ccc(CNC(=O)c2ccc(CN)o2)cc1. The standard InChI is InChI=1S/C14H16N2O3/c1-18-11-4-2-10(3-5-11)9-16-14(17)13-7-6-12(8-15)19-13/h2-7H,8-9,15H2,1H3,(H,16,17). The number of methoxy groups -OCH3 is 1. The quantitative estimate of drug-likeness (QED) is 0.857. The van der Waals surface area contributed by atoms with E-state index in [0.717, 1.165) is 11.3 Å². The van der Waals surface area contributed by atoms with E-state index in [-0.39, 0.29) is 18.2 Å². The number of amides is 1. The molecule has 0 fully saturated rings. The summed E-state index contributed by atoms with van der Waals surface area (Å²) in [6.07, 6.45) is 0. The molecular formula is C14H16N2O3. The summed E-state index contributed by atoms with van der Waals surface area (Å²) in [4.78, 5) is 11.8. The zero-order chi connectivity index (χ0) is 13.7. The molecule has 0 atom stereocenters. The van der Waals surface area contributed by atoms with Crippen LogP contribution in [0.2, 0.25) is 0 Å². The molecule has 0 saturated carbocycles. The second-order valence-electron chi connectivity index (χ2n) is 4.00. The van der Waals surface area contributed by atoms with Gasteiger partial charge in [0.1, 0.15) is 11.5 Å². The van der Waals surface area contributed by atoms with Crippen LogP contribution in [0.5, 0.6) is 5.75 Å². The fraction of sp³-hybridized carbons (Fsp3) is 0.214. The monoisotopic (exact) mass is 260 g/mol. The molecule has 0 aliphatic heterocycles. The van der Waals surface area contributed by atoms with Crippen LogP contribution in [0.1, 0.15) is 21.9 Å². The molecule has 1 aromatic heterocycles. The minimum absolute atomic E-state index is 0.254. The van der Waals surface area contributed by atoms with Gasteiger partial charge in [0.15, 0.2) is 5.76 Å². The van der Waals surface area contributed by atoms with Gasteiger partial charge in [0.05, 0.1) is 13.7 Å². The van der Waals surface area contributed by atoms with E-state index in [1.54, 1.807) is 19.2 Å². The summed E-state index contributed by atoms with van der Waals surface area (Å²) >= 11 is 0. The molecule has 0 spiro atoms. The zero-order valence-electron chi connectivity index (χ0n) is 10.7. The number of hydrogen-bond donors (Lipinski definition) is 2. The molecule has 19 heavy (non-hydrogen) atoms. The summed E-state index contributed by atoms with van der Waals surface area (Å²) < 4.78 is 10.3. The molecule has 2 rings (SSSR count). The van der Waals surface area contributed by atoms with Gasteiger partial charge in [-0.05, 0) is 29.8 Å². The van der Waals surface area contributed by atoms with Crippen LogP contribution in [0.15, 0.2) is 40.8 Å². The second kappa shape index (κ2) is 6.06. The van der Waals surface area contributed by atoms with E-state index in [0.29, 0.717) is 12.3 Å². The number of benzene rings is 1. The van der Waals surface area contributed by atoms with Gasteiger partial charge >= 0.3 is 0 Å². The van der Waals surface area contributed by atoms with Crippen LogP contribution >= 0.6 is 0 Å². The summed E-state index contributed by atoms with van der Waals surface area (Å²) in [7, 11) is 1.61. The Labute approximate surface area is 111 Å². The Balaban J connectivity index is 1.92. The van der Waals surface area contributed by atoms with Gasteiger partial charge < -0.3 is 20.2 Å². The maximum atomic E-state index is 11.8. The van der Waals surface area contributed by atoms with Crippen LogP contribution < -0.4 is 15.8 Å². The highest BCUT2D eigenvalue weighted by Gasteiger charge is 2.10. The van der Waals surface area contributed by atoms with Crippen molar-refractivity contribution < 1.29 is 13.9 Å². The first-order chi connectivity index (χ1) is 9.22. The van der Waals surface area contributed by atoms with Crippen LogP contribution in [-0.2, 0) is 13.1 Å². The molecule has 100 valence electrons. The Morgan fingerprint density at radius 1 is 1.26 bits per heavy atom. The first-order valence-corrected chi connectivity index (χ1v) is 5.93. The van der Waals surface area contributed by atoms with Crippen molar-refractivity contribution in [3.05, 3.63) is 53.5 Å². The molecule has 5 heteroatoms. The van der Waals surface area contributed by atoms with Crippen molar-refractivity contribution in [2.24, 2.45) is 5.73 Å². The maximum absolute atomic E-state index is 11.8. The number of carbonyl (C=O) groups is 1. The number of furan rings is 1. The fourth-order valence-electron chi connectivity index (χ4n) is 1.62. The molecule has 0 aliphatic rings. The van der Waals surface area contributed by atoms with Crippen molar-refractivity contribution in [1.82, 2.24) is 5.32 Å². The summed E-state index contributed by atoms with van der Waals surface area (Å²) in [5.41, 5.74) is 6.40. The van der Waals surface area contributed by atoms with Gasteiger partial charge in [0, 0.05) is 6.54 Å². The van der Waals surface area contributed by atoms with Crippen molar-refractivity contribution in [2.75, 3.05) is 7.11 Å². The zero-order valence-corrected chi connectivity index (χ0v) is 10.7. The summed E-state index contributed by atoms with van der Waals surface area (Å²) in [6.45, 7) is 0.716. The molecule has 1 amide bonds. The lowest BCUT2D eigenvalue weighted by Gasteiger charge is -2.05. The number of nitrogens with two attached hydrogens (primary N) is 1. The van der Waals surface area contributed by atoms with E-state index in [2.05, 4.69) is 5.32 Å². The minimum Gasteiger partial charge on any atom is -0.497 e. The van der Waals surface area contributed by atoms with E-state index < -0.39 is 0 Å². The summed E-state index contributed by atoms with van der Waals surface area (Å²) in [6, 6.07) is 10.8. The van der Waals surface area contributed by atoms with E-state index in [9.17, 15) is 4.79 Å². The molecule has 3 N–H and O–H groups in total. The molecule has 0 radical (unpaired) electrons. The molecule has 0 unspecified atom stereocenters. The highest BCUT2D eigenvalue weighted by Crippen LogP contribution is 2.11. The van der Waals surface area contributed by atoms with Crippen molar-refractivity contribution in [3.63, 3.8) is 0 Å². The van der Waals surface area contributed by atoms with Gasteiger partial charge in [-0.3, -0.25) is 4.79 Å².